The van der Waals surface area contributed by atoms with Crippen molar-refractivity contribution in [2.24, 2.45) is 16.8 Å². The van der Waals surface area contributed by atoms with Gasteiger partial charge in [0.1, 0.15) is 0 Å². The van der Waals surface area contributed by atoms with Crippen LogP contribution in [0, 0.1) is 11.3 Å². The third kappa shape index (κ3) is 3.36. The molecule has 0 amide bonds. The number of aromatic nitrogens is 1. The Labute approximate surface area is 167 Å². The standard InChI is InChI=1S/C19H18ClN5O2S/c20-13-8-9-17-15(10-13)16(18(12-6-7-12)23-24-19(21)22)11-25(17)28(26,27)14-4-2-1-3-5-14/h1-5,8-12H,6-7H2,(H4,21,22,24). The zero-order valence-electron chi connectivity index (χ0n) is 14.8. The van der Waals surface area contributed by atoms with Crippen molar-refractivity contribution in [3.8, 4) is 0 Å². The molecule has 1 aromatic heterocycles. The summed E-state index contributed by atoms with van der Waals surface area (Å²) in [6.45, 7) is 0. The highest BCUT2D eigenvalue weighted by Gasteiger charge is 2.32. The number of hydrazone groups is 1. The number of fused-ring (bicyclic) bond motifs is 1. The molecule has 9 heteroatoms. The summed E-state index contributed by atoms with van der Waals surface area (Å²) < 4.78 is 27.7. The van der Waals surface area contributed by atoms with Gasteiger partial charge in [-0.2, -0.15) is 5.10 Å². The van der Waals surface area contributed by atoms with Crippen molar-refractivity contribution in [2.75, 3.05) is 0 Å². The molecule has 1 aliphatic carbocycles. The minimum Gasteiger partial charge on any atom is -0.369 e. The number of guanidine groups is 1. The molecule has 0 spiro atoms. The van der Waals surface area contributed by atoms with Crippen LogP contribution in [0.25, 0.3) is 10.9 Å². The van der Waals surface area contributed by atoms with Gasteiger partial charge in [-0.3, -0.25) is 5.41 Å². The Morgan fingerprint density at radius 2 is 1.93 bits per heavy atom. The monoisotopic (exact) mass is 415 g/mol. The first-order valence-electron chi connectivity index (χ1n) is 8.67. The lowest BCUT2D eigenvalue weighted by atomic mass is 10.1. The van der Waals surface area contributed by atoms with Crippen molar-refractivity contribution in [3.63, 3.8) is 0 Å². The molecular weight excluding hydrogens is 398 g/mol. The lowest BCUT2D eigenvalue weighted by molar-refractivity contribution is 0.589. The molecule has 0 aliphatic heterocycles. The average Bonchev–Trinajstić information content (AvgIpc) is 3.44. The van der Waals surface area contributed by atoms with Crippen LogP contribution in [-0.4, -0.2) is 24.1 Å². The normalized spacial score (nSPS) is 15.0. The lowest BCUT2D eigenvalue weighted by Crippen LogP contribution is -2.27. The van der Waals surface area contributed by atoms with Crippen LogP contribution in [0.1, 0.15) is 18.4 Å². The van der Waals surface area contributed by atoms with Gasteiger partial charge in [0.15, 0.2) is 0 Å². The SMILES string of the molecule is N=C(N)NN=C(c1cn(S(=O)(=O)c2ccccc2)c2ccc(Cl)cc12)C1CC1. The second kappa shape index (κ2) is 6.96. The van der Waals surface area contributed by atoms with E-state index in [0.717, 1.165) is 12.8 Å². The fourth-order valence-electron chi connectivity index (χ4n) is 3.13. The number of rotatable bonds is 5. The zero-order chi connectivity index (χ0) is 19.9. The fourth-order valence-corrected chi connectivity index (χ4v) is 4.69. The third-order valence-electron chi connectivity index (χ3n) is 4.57. The van der Waals surface area contributed by atoms with Crippen molar-refractivity contribution in [2.45, 2.75) is 17.7 Å². The summed E-state index contributed by atoms with van der Waals surface area (Å²) in [7, 11) is -3.80. The summed E-state index contributed by atoms with van der Waals surface area (Å²) in [6.07, 6.45) is 3.45. The Kier molecular flexibility index (Phi) is 4.60. The largest absolute Gasteiger partial charge is 0.369 e. The van der Waals surface area contributed by atoms with Gasteiger partial charge in [0.25, 0.3) is 10.0 Å². The molecule has 1 fully saturated rings. The van der Waals surface area contributed by atoms with Crippen LogP contribution in [-0.2, 0) is 10.0 Å². The number of benzene rings is 2. The molecule has 0 bridgehead atoms. The highest BCUT2D eigenvalue weighted by Crippen LogP contribution is 2.37. The first-order chi connectivity index (χ1) is 13.4. The Morgan fingerprint density at radius 1 is 1.21 bits per heavy atom. The van der Waals surface area contributed by atoms with E-state index < -0.39 is 10.0 Å². The molecule has 4 rings (SSSR count). The van der Waals surface area contributed by atoms with Crippen LogP contribution in [0.3, 0.4) is 0 Å². The van der Waals surface area contributed by atoms with Crippen LogP contribution < -0.4 is 11.2 Å². The van der Waals surface area contributed by atoms with E-state index in [4.69, 9.17) is 22.7 Å². The molecule has 3 aromatic rings. The van der Waals surface area contributed by atoms with E-state index >= 15 is 0 Å². The van der Waals surface area contributed by atoms with Gasteiger partial charge in [-0.25, -0.2) is 17.8 Å². The second-order valence-electron chi connectivity index (χ2n) is 6.61. The molecule has 7 nitrogen and oxygen atoms in total. The Bertz CT molecular complexity index is 1200. The smallest absolute Gasteiger partial charge is 0.268 e. The summed E-state index contributed by atoms with van der Waals surface area (Å²) in [5.41, 5.74) is 9.70. The molecule has 28 heavy (non-hydrogen) atoms. The fraction of sp³-hybridized carbons (Fsp3) is 0.158. The van der Waals surface area contributed by atoms with Crippen LogP contribution in [0.4, 0.5) is 0 Å². The van der Waals surface area contributed by atoms with Crippen LogP contribution in [0.15, 0.2) is 64.7 Å². The number of nitrogens with two attached hydrogens (primary N) is 1. The van der Waals surface area contributed by atoms with E-state index in [-0.39, 0.29) is 16.8 Å². The number of hydrogen-bond donors (Lipinski definition) is 3. The van der Waals surface area contributed by atoms with Gasteiger partial charge >= 0.3 is 0 Å². The molecule has 1 heterocycles. The predicted molar refractivity (Wildman–Crippen MR) is 110 cm³/mol. The molecule has 144 valence electrons. The zero-order valence-corrected chi connectivity index (χ0v) is 16.3. The highest BCUT2D eigenvalue weighted by molar-refractivity contribution is 7.90. The highest BCUT2D eigenvalue weighted by atomic mass is 35.5. The molecule has 0 atom stereocenters. The van der Waals surface area contributed by atoms with Crippen LogP contribution in [0.2, 0.25) is 5.02 Å². The summed E-state index contributed by atoms with van der Waals surface area (Å²) in [6, 6.07) is 13.3. The van der Waals surface area contributed by atoms with Gasteiger partial charge < -0.3 is 5.73 Å². The molecule has 0 saturated heterocycles. The first-order valence-corrected chi connectivity index (χ1v) is 10.5. The van der Waals surface area contributed by atoms with Crippen molar-refractivity contribution in [1.29, 1.82) is 5.41 Å². The molecule has 0 radical (unpaired) electrons. The van der Waals surface area contributed by atoms with Crippen LogP contribution in [0.5, 0.6) is 0 Å². The van der Waals surface area contributed by atoms with E-state index in [9.17, 15) is 8.42 Å². The van der Waals surface area contributed by atoms with Crippen molar-refractivity contribution < 1.29 is 8.42 Å². The maximum atomic E-state index is 13.2. The van der Waals surface area contributed by atoms with E-state index in [0.29, 0.717) is 27.2 Å². The Balaban J connectivity index is 1.95. The van der Waals surface area contributed by atoms with Crippen LogP contribution >= 0.6 is 11.6 Å². The first kappa shape index (κ1) is 18.5. The molecule has 2 aromatic carbocycles. The van der Waals surface area contributed by atoms with E-state index in [1.54, 1.807) is 54.7 Å². The van der Waals surface area contributed by atoms with Gasteiger partial charge in [-0.1, -0.05) is 29.8 Å². The van der Waals surface area contributed by atoms with Crippen molar-refractivity contribution >= 4 is 44.2 Å². The van der Waals surface area contributed by atoms with Gasteiger partial charge in [-0.05, 0) is 43.2 Å². The number of nitrogens with zero attached hydrogens (tertiary/aromatic N) is 2. The van der Waals surface area contributed by atoms with Gasteiger partial charge in [0, 0.05) is 28.1 Å². The number of halogens is 1. The summed E-state index contributed by atoms with van der Waals surface area (Å²) >= 11 is 6.19. The quantitative estimate of drug-likeness (QED) is 0.337. The van der Waals surface area contributed by atoms with E-state index in [2.05, 4.69) is 10.5 Å². The van der Waals surface area contributed by atoms with Crippen molar-refractivity contribution in [3.05, 3.63) is 65.3 Å². The molecule has 1 saturated carbocycles. The molecule has 0 unspecified atom stereocenters. The van der Waals surface area contributed by atoms with E-state index in [1.807, 2.05) is 0 Å². The lowest BCUT2D eigenvalue weighted by Gasteiger charge is -2.07. The average molecular weight is 416 g/mol. The van der Waals surface area contributed by atoms with Gasteiger partial charge in [0.05, 0.1) is 16.1 Å². The maximum Gasteiger partial charge on any atom is 0.268 e. The molecule has 1 aliphatic rings. The molecule has 4 N–H and O–H groups in total. The second-order valence-corrected chi connectivity index (χ2v) is 8.87. The van der Waals surface area contributed by atoms with Crippen molar-refractivity contribution in [1.82, 2.24) is 9.40 Å². The van der Waals surface area contributed by atoms with Gasteiger partial charge in [0.2, 0.25) is 5.96 Å². The predicted octanol–water partition coefficient (Wildman–Crippen LogP) is 3.13. The summed E-state index contributed by atoms with van der Waals surface area (Å²) in [5.74, 6) is -0.0962. The Hall–Kier alpha value is -2.84. The number of nitrogens with one attached hydrogen (secondary N) is 2. The number of hydrogen-bond acceptors (Lipinski definition) is 4. The third-order valence-corrected chi connectivity index (χ3v) is 6.49. The van der Waals surface area contributed by atoms with E-state index in [1.165, 1.54) is 3.97 Å². The minimum absolute atomic E-state index is 0.185. The minimum atomic E-state index is -3.80. The van der Waals surface area contributed by atoms with Gasteiger partial charge in [-0.15, -0.1) is 0 Å². The summed E-state index contributed by atoms with van der Waals surface area (Å²) in [4.78, 5) is 0.195. The topological polar surface area (TPSA) is 113 Å². The summed E-state index contributed by atoms with van der Waals surface area (Å²) in [5, 5.41) is 12.8. The maximum absolute atomic E-state index is 13.2. The molecular formula is C19H18ClN5O2S. The Morgan fingerprint density at radius 3 is 2.57 bits per heavy atom.